The Morgan fingerprint density at radius 1 is 1.42 bits per heavy atom. The van der Waals surface area contributed by atoms with Crippen LogP contribution >= 0.6 is 0 Å². The van der Waals surface area contributed by atoms with Gasteiger partial charge in [0.15, 0.2) is 0 Å². The Kier molecular flexibility index (Phi) is 4.93. The molecule has 1 amide bonds. The molecule has 0 spiro atoms. The second-order valence-corrected chi connectivity index (χ2v) is 4.71. The molecule has 0 radical (unpaired) electrons. The Balaban J connectivity index is 2.09. The van der Waals surface area contributed by atoms with Gasteiger partial charge in [0.05, 0.1) is 12.1 Å². The molecule has 4 heteroatoms. The van der Waals surface area contributed by atoms with Gasteiger partial charge in [0.25, 0.3) is 5.91 Å². The number of nitrogens with zero attached hydrogens (tertiary/aromatic N) is 1. The molecule has 4 nitrogen and oxygen atoms in total. The van der Waals surface area contributed by atoms with Gasteiger partial charge in [-0.25, -0.2) is 4.98 Å². The zero-order chi connectivity index (χ0) is 13.5. The second kappa shape index (κ2) is 6.91. The summed E-state index contributed by atoms with van der Waals surface area (Å²) in [5.41, 5.74) is 6.39. The van der Waals surface area contributed by atoms with Gasteiger partial charge in [-0.15, -0.1) is 0 Å². The van der Waals surface area contributed by atoms with Crippen LogP contribution < -0.4 is 11.1 Å². The van der Waals surface area contributed by atoms with E-state index < -0.39 is 0 Å². The molecule has 3 N–H and O–H groups in total. The predicted octanol–water partition coefficient (Wildman–Crippen LogP) is 1.45. The van der Waals surface area contributed by atoms with E-state index in [1.165, 1.54) is 19.3 Å². The van der Waals surface area contributed by atoms with E-state index in [0.717, 1.165) is 12.8 Å². The highest BCUT2D eigenvalue weighted by Gasteiger charge is 2.18. The molecule has 1 saturated carbocycles. The van der Waals surface area contributed by atoms with Crippen LogP contribution in [0.1, 0.15) is 48.2 Å². The molecule has 1 heterocycles. The van der Waals surface area contributed by atoms with Crippen LogP contribution in [0.3, 0.4) is 0 Å². The van der Waals surface area contributed by atoms with E-state index in [1.807, 2.05) is 0 Å². The molecule has 0 atom stereocenters. The van der Waals surface area contributed by atoms with Crippen molar-refractivity contribution in [3.63, 3.8) is 0 Å². The van der Waals surface area contributed by atoms with Crippen LogP contribution in [-0.2, 0) is 0 Å². The first kappa shape index (κ1) is 13.6. The molecule has 0 bridgehead atoms. The predicted molar refractivity (Wildman–Crippen MR) is 74.5 cm³/mol. The van der Waals surface area contributed by atoms with Crippen LogP contribution in [-0.4, -0.2) is 23.5 Å². The fourth-order valence-electron chi connectivity index (χ4n) is 2.33. The summed E-state index contributed by atoms with van der Waals surface area (Å²) in [7, 11) is 0. The fourth-order valence-corrected chi connectivity index (χ4v) is 2.33. The molecule has 0 unspecified atom stereocenters. The normalized spacial score (nSPS) is 15.4. The summed E-state index contributed by atoms with van der Waals surface area (Å²) < 4.78 is 0. The summed E-state index contributed by atoms with van der Waals surface area (Å²) in [5.74, 6) is 5.52. The van der Waals surface area contributed by atoms with Gasteiger partial charge in [-0.1, -0.05) is 31.1 Å². The first-order valence-electron chi connectivity index (χ1n) is 6.76. The smallest absolute Gasteiger partial charge is 0.271 e. The SMILES string of the molecule is NCC#Cc1cccnc1C(=O)NC1CCCCC1. The van der Waals surface area contributed by atoms with Crippen LogP contribution in [0.25, 0.3) is 0 Å². The standard InChI is InChI=1S/C15H19N3O/c16-10-4-6-12-7-5-11-17-14(12)15(19)18-13-8-2-1-3-9-13/h5,7,11,13H,1-3,8-10,16H2,(H,18,19). The second-order valence-electron chi connectivity index (χ2n) is 4.71. The maximum atomic E-state index is 12.2. The van der Waals surface area contributed by atoms with Crippen LogP contribution in [0.4, 0.5) is 0 Å². The highest BCUT2D eigenvalue weighted by Crippen LogP contribution is 2.18. The third kappa shape index (κ3) is 3.80. The van der Waals surface area contributed by atoms with Crippen molar-refractivity contribution >= 4 is 5.91 Å². The average molecular weight is 257 g/mol. The first-order valence-corrected chi connectivity index (χ1v) is 6.76. The molecule has 2 rings (SSSR count). The van der Waals surface area contributed by atoms with E-state index in [2.05, 4.69) is 22.1 Å². The number of nitrogens with one attached hydrogen (secondary N) is 1. The molecular formula is C15H19N3O. The lowest BCUT2D eigenvalue weighted by Gasteiger charge is -2.22. The Labute approximate surface area is 113 Å². The molecule has 0 aliphatic heterocycles. The molecule has 0 saturated heterocycles. The monoisotopic (exact) mass is 257 g/mol. The van der Waals surface area contributed by atoms with E-state index in [9.17, 15) is 4.79 Å². The molecule has 1 aromatic heterocycles. The quantitative estimate of drug-likeness (QED) is 0.788. The van der Waals surface area contributed by atoms with Crippen molar-refractivity contribution in [2.45, 2.75) is 38.1 Å². The van der Waals surface area contributed by atoms with Gasteiger partial charge in [-0.05, 0) is 25.0 Å². The highest BCUT2D eigenvalue weighted by molar-refractivity contribution is 5.94. The molecular weight excluding hydrogens is 238 g/mol. The number of carbonyl (C=O) groups excluding carboxylic acids is 1. The average Bonchev–Trinajstić information content (AvgIpc) is 2.46. The number of amides is 1. The highest BCUT2D eigenvalue weighted by atomic mass is 16.1. The molecule has 1 aliphatic rings. The van der Waals surface area contributed by atoms with Crippen molar-refractivity contribution in [3.05, 3.63) is 29.6 Å². The first-order chi connectivity index (χ1) is 9.31. The number of hydrogen-bond acceptors (Lipinski definition) is 3. The van der Waals surface area contributed by atoms with Gasteiger partial charge in [-0.2, -0.15) is 0 Å². The molecule has 1 fully saturated rings. The zero-order valence-corrected chi connectivity index (χ0v) is 11.0. The lowest BCUT2D eigenvalue weighted by Crippen LogP contribution is -2.36. The van der Waals surface area contributed by atoms with Gasteiger partial charge in [0.2, 0.25) is 0 Å². The van der Waals surface area contributed by atoms with Gasteiger partial charge < -0.3 is 11.1 Å². The van der Waals surface area contributed by atoms with Crippen molar-refractivity contribution < 1.29 is 4.79 Å². The number of pyridine rings is 1. The molecule has 1 aromatic rings. The minimum absolute atomic E-state index is 0.131. The van der Waals surface area contributed by atoms with Crippen LogP contribution in [0.2, 0.25) is 0 Å². The van der Waals surface area contributed by atoms with Crippen molar-refractivity contribution in [2.24, 2.45) is 5.73 Å². The van der Waals surface area contributed by atoms with E-state index >= 15 is 0 Å². The Morgan fingerprint density at radius 3 is 2.95 bits per heavy atom. The Hall–Kier alpha value is -1.86. The van der Waals surface area contributed by atoms with Gasteiger partial charge in [0, 0.05) is 12.2 Å². The Bertz CT molecular complexity index is 496. The topological polar surface area (TPSA) is 68.0 Å². The lowest BCUT2D eigenvalue weighted by molar-refractivity contribution is 0.0922. The van der Waals surface area contributed by atoms with Gasteiger partial charge in [-0.3, -0.25) is 4.79 Å². The number of carbonyl (C=O) groups is 1. The van der Waals surface area contributed by atoms with Gasteiger partial charge >= 0.3 is 0 Å². The van der Waals surface area contributed by atoms with E-state index in [1.54, 1.807) is 18.3 Å². The molecule has 19 heavy (non-hydrogen) atoms. The number of nitrogens with two attached hydrogens (primary N) is 1. The van der Waals surface area contributed by atoms with Crippen molar-refractivity contribution in [1.82, 2.24) is 10.3 Å². The van der Waals surface area contributed by atoms with E-state index in [0.29, 0.717) is 11.3 Å². The maximum absolute atomic E-state index is 12.2. The largest absolute Gasteiger partial charge is 0.348 e. The summed E-state index contributed by atoms with van der Waals surface area (Å²) in [6, 6.07) is 3.85. The van der Waals surface area contributed by atoms with E-state index in [-0.39, 0.29) is 18.5 Å². The summed E-state index contributed by atoms with van der Waals surface area (Å²) >= 11 is 0. The minimum atomic E-state index is -0.131. The van der Waals surface area contributed by atoms with Crippen molar-refractivity contribution in [1.29, 1.82) is 0 Å². The van der Waals surface area contributed by atoms with E-state index in [4.69, 9.17) is 5.73 Å². The van der Waals surface area contributed by atoms with Gasteiger partial charge in [0.1, 0.15) is 5.69 Å². The van der Waals surface area contributed by atoms with Crippen LogP contribution in [0, 0.1) is 11.8 Å². The van der Waals surface area contributed by atoms with Crippen LogP contribution in [0.5, 0.6) is 0 Å². The molecule has 0 aromatic carbocycles. The summed E-state index contributed by atoms with van der Waals surface area (Å²) in [6.07, 6.45) is 7.37. The maximum Gasteiger partial charge on any atom is 0.271 e. The summed E-state index contributed by atoms with van der Waals surface area (Å²) in [6.45, 7) is 0.276. The zero-order valence-electron chi connectivity index (χ0n) is 11.0. The number of hydrogen-bond donors (Lipinski definition) is 2. The lowest BCUT2D eigenvalue weighted by atomic mass is 9.95. The van der Waals surface area contributed by atoms with Crippen molar-refractivity contribution in [3.8, 4) is 11.8 Å². The number of rotatable bonds is 2. The number of aromatic nitrogens is 1. The third-order valence-corrected chi connectivity index (χ3v) is 3.29. The summed E-state index contributed by atoms with van der Waals surface area (Å²) in [4.78, 5) is 16.4. The fraction of sp³-hybridized carbons (Fsp3) is 0.467. The minimum Gasteiger partial charge on any atom is -0.348 e. The Morgan fingerprint density at radius 2 is 2.21 bits per heavy atom. The summed E-state index contributed by atoms with van der Waals surface area (Å²) in [5, 5.41) is 3.05. The molecule has 100 valence electrons. The third-order valence-electron chi connectivity index (χ3n) is 3.29. The van der Waals surface area contributed by atoms with Crippen molar-refractivity contribution in [2.75, 3.05) is 6.54 Å². The molecule has 1 aliphatic carbocycles. The van der Waals surface area contributed by atoms with Crippen LogP contribution in [0.15, 0.2) is 18.3 Å².